The zero-order valence-electron chi connectivity index (χ0n) is 10.6. The third-order valence-corrected chi connectivity index (χ3v) is 2.87. The first kappa shape index (κ1) is 13.2. The Hall–Kier alpha value is -2.25. The molecule has 1 aromatic heterocycles. The van der Waals surface area contributed by atoms with Crippen molar-refractivity contribution in [2.24, 2.45) is 0 Å². The molecule has 98 valence electrons. The third kappa shape index (κ3) is 3.15. The van der Waals surface area contributed by atoms with Gasteiger partial charge in [-0.25, -0.2) is 4.79 Å². The van der Waals surface area contributed by atoms with Crippen LogP contribution >= 0.6 is 0 Å². The molecule has 0 aliphatic rings. The zero-order chi connectivity index (χ0) is 13.8. The SMILES string of the molecule is C#CCC(C)NCc1ccc2oc(C(=O)O)cc2c1. The summed E-state index contributed by atoms with van der Waals surface area (Å²) in [5, 5.41) is 13.0. The Morgan fingerprint density at radius 2 is 2.32 bits per heavy atom. The quantitative estimate of drug-likeness (QED) is 0.808. The van der Waals surface area contributed by atoms with Crippen molar-refractivity contribution in [1.82, 2.24) is 5.32 Å². The van der Waals surface area contributed by atoms with E-state index in [9.17, 15) is 4.79 Å². The van der Waals surface area contributed by atoms with Crippen LogP contribution in [0.1, 0.15) is 29.5 Å². The van der Waals surface area contributed by atoms with Crippen molar-refractivity contribution in [3.63, 3.8) is 0 Å². The van der Waals surface area contributed by atoms with Crippen molar-refractivity contribution in [2.75, 3.05) is 0 Å². The smallest absolute Gasteiger partial charge is 0.371 e. The number of carbonyl (C=O) groups is 1. The molecule has 2 aromatic rings. The molecule has 0 radical (unpaired) electrons. The normalized spacial score (nSPS) is 12.2. The van der Waals surface area contributed by atoms with Gasteiger partial charge in [-0.3, -0.25) is 0 Å². The van der Waals surface area contributed by atoms with Crippen LogP contribution in [0.15, 0.2) is 28.7 Å². The summed E-state index contributed by atoms with van der Waals surface area (Å²) in [6.45, 7) is 2.71. The van der Waals surface area contributed by atoms with Crippen molar-refractivity contribution < 1.29 is 14.3 Å². The van der Waals surface area contributed by atoms with Gasteiger partial charge in [0.25, 0.3) is 0 Å². The first-order valence-corrected chi connectivity index (χ1v) is 6.02. The van der Waals surface area contributed by atoms with Gasteiger partial charge in [0, 0.05) is 24.4 Å². The Morgan fingerprint density at radius 1 is 1.53 bits per heavy atom. The van der Waals surface area contributed by atoms with E-state index in [-0.39, 0.29) is 11.8 Å². The molecule has 0 fully saturated rings. The van der Waals surface area contributed by atoms with E-state index in [0.29, 0.717) is 18.5 Å². The minimum Gasteiger partial charge on any atom is -0.475 e. The molecule has 1 heterocycles. The van der Waals surface area contributed by atoms with Gasteiger partial charge in [0.15, 0.2) is 0 Å². The summed E-state index contributed by atoms with van der Waals surface area (Å²) in [5.41, 5.74) is 1.65. The number of terminal acetylenes is 1. The summed E-state index contributed by atoms with van der Waals surface area (Å²) >= 11 is 0. The predicted molar refractivity (Wildman–Crippen MR) is 72.9 cm³/mol. The molecular weight excluding hydrogens is 242 g/mol. The number of carboxylic acid groups (broad SMARTS) is 1. The number of hydrogen-bond acceptors (Lipinski definition) is 3. The van der Waals surface area contributed by atoms with Gasteiger partial charge in [-0.15, -0.1) is 12.3 Å². The van der Waals surface area contributed by atoms with Gasteiger partial charge in [-0.1, -0.05) is 6.07 Å². The number of rotatable bonds is 5. The van der Waals surface area contributed by atoms with Crippen LogP contribution in [0.4, 0.5) is 0 Å². The Balaban J connectivity index is 2.13. The first-order chi connectivity index (χ1) is 9.10. The topological polar surface area (TPSA) is 62.5 Å². The summed E-state index contributed by atoms with van der Waals surface area (Å²) < 4.78 is 5.20. The number of fused-ring (bicyclic) bond motifs is 1. The summed E-state index contributed by atoms with van der Waals surface area (Å²) in [6.07, 6.45) is 5.92. The van der Waals surface area contributed by atoms with E-state index in [1.807, 2.05) is 19.1 Å². The molecule has 1 atom stereocenters. The monoisotopic (exact) mass is 257 g/mol. The molecule has 0 saturated heterocycles. The summed E-state index contributed by atoms with van der Waals surface area (Å²) in [6, 6.07) is 7.39. The van der Waals surface area contributed by atoms with E-state index in [1.54, 1.807) is 6.07 Å². The van der Waals surface area contributed by atoms with Crippen molar-refractivity contribution in [2.45, 2.75) is 25.9 Å². The number of nitrogens with one attached hydrogen (secondary N) is 1. The van der Waals surface area contributed by atoms with Gasteiger partial charge in [-0.05, 0) is 30.7 Å². The lowest BCUT2D eigenvalue weighted by molar-refractivity contribution is 0.0665. The zero-order valence-corrected chi connectivity index (χ0v) is 10.6. The van der Waals surface area contributed by atoms with E-state index in [4.69, 9.17) is 15.9 Å². The van der Waals surface area contributed by atoms with Crippen LogP contribution in [0.2, 0.25) is 0 Å². The molecule has 1 aromatic carbocycles. The first-order valence-electron chi connectivity index (χ1n) is 6.02. The average Bonchev–Trinajstić information content (AvgIpc) is 2.80. The summed E-state index contributed by atoms with van der Waals surface area (Å²) in [7, 11) is 0. The van der Waals surface area contributed by atoms with Gasteiger partial charge in [-0.2, -0.15) is 0 Å². The Labute approximate surface area is 111 Å². The molecule has 0 bridgehead atoms. The van der Waals surface area contributed by atoms with Gasteiger partial charge in [0.2, 0.25) is 5.76 Å². The molecule has 0 aliphatic heterocycles. The maximum Gasteiger partial charge on any atom is 0.371 e. The lowest BCUT2D eigenvalue weighted by Gasteiger charge is -2.10. The number of carboxylic acids is 1. The maximum absolute atomic E-state index is 10.8. The lowest BCUT2D eigenvalue weighted by Crippen LogP contribution is -2.24. The Bertz CT molecular complexity index is 636. The van der Waals surface area contributed by atoms with E-state index >= 15 is 0 Å². The average molecular weight is 257 g/mol. The van der Waals surface area contributed by atoms with Crippen molar-refractivity contribution in [1.29, 1.82) is 0 Å². The molecule has 4 heteroatoms. The highest BCUT2D eigenvalue weighted by Gasteiger charge is 2.10. The van der Waals surface area contributed by atoms with E-state index in [1.165, 1.54) is 6.07 Å². The van der Waals surface area contributed by atoms with Crippen LogP contribution in [0, 0.1) is 12.3 Å². The minimum absolute atomic E-state index is 0.0409. The second-order valence-corrected chi connectivity index (χ2v) is 4.48. The molecule has 0 amide bonds. The molecule has 2 N–H and O–H groups in total. The van der Waals surface area contributed by atoms with Crippen LogP contribution in [0.25, 0.3) is 11.0 Å². The standard InChI is InChI=1S/C15H15NO3/c1-3-4-10(2)16-9-11-5-6-13-12(7-11)8-14(19-13)15(17)18/h1,5-8,10,16H,4,9H2,2H3,(H,17,18). The molecule has 19 heavy (non-hydrogen) atoms. The molecule has 0 spiro atoms. The summed E-state index contributed by atoms with van der Waals surface area (Å²) in [5.74, 6) is 1.51. The highest BCUT2D eigenvalue weighted by atomic mass is 16.4. The minimum atomic E-state index is -1.06. The third-order valence-electron chi connectivity index (χ3n) is 2.87. The predicted octanol–water partition coefficient (Wildman–Crippen LogP) is 2.63. The van der Waals surface area contributed by atoms with Crippen LogP contribution in [-0.2, 0) is 6.54 Å². The fourth-order valence-corrected chi connectivity index (χ4v) is 1.85. The lowest BCUT2D eigenvalue weighted by atomic mass is 10.1. The van der Waals surface area contributed by atoms with E-state index in [2.05, 4.69) is 11.2 Å². The van der Waals surface area contributed by atoms with E-state index in [0.717, 1.165) is 10.9 Å². The number of aromatic carboxylic acids is 1. The molecule has 4 nitrogen and oxygen atoms in total. The molecular formula is C15H15NO3. The van der Waals surface area contributed by atoms with Gasteiger partial charge >= 0.3 is 5.97 Å². The largest absolute Gasteiger partial charge is 0.475 e. The van der Waals surface area contributed by atoms with Crippen molar-refractivity contribution in [3.8, 4) is 12.3 Å². The van der Waals surface area contributed by atoms with Gasteiger partial charge in [0.05, 0.1) is 0 Å². The summed E-state index contributed by atoms with van der Waals surface area (Å²) in [4.78, 5) is 10.8. The number of benzene rings is 1. The van der Waals surface area contributed by atoms with E-state index < -0.39 is 5.97 Å². The van der Waals surface area contributed by atoms with Crippen LogP contribution in [-0.4, -0.2) is 17.1 Å². The van der Waals surface area contributed by atoms with Crippen molar-refractivity contribution in [3.05, 3.63) is 35.6 Å². The van der Waals surface area contributed by atoms with Gasteiger partial charge in [0.1, 0.15) is 5.58 Å². The number of furan rings is 1. The second-order valence-electron chi connectivity index (χ2n) is 4.48. The molecule has 1 unspecified atom stereocenters. The number of hydrogen-bond donors (Lipinski definition) is 2. The maximum atomic E-state index is 10.8. The Kier molecular flexibility index (Phi) is 3.88. The fraction of sp³-hybridized carbons (Fsp3) is 0.267. The second kappa shape index (κ2) is 5.59. The van der Waals surface area contributed by atoms with Crippen LogP contribution in [0.3, 0.4) is 0 Å². The van der Waals surface area contributed by atoms with Crippen molar-refractivity contribution >= 4 is 16.9 Å². The van der Waals surface area contributed by atoms with Crippen LogP contribution in [0.5, 0.6) is 0 Å². The highest BCUT2D eigenvalue weighted by Crippen LogP contribution is 2.20. The Morgan fingerprint density at radius 3 is 3.00 bits per heavy atom. The molecule has 2 rings (SSSR count). The highest BCUT2D eigenvalue weighted by molar-refractivity contribution is 5.91. The van der Waals surface area contributed by atoms with Crippen LogP contribution < -0.4 is 5.32 Å². The molecule has 0 saturated carbocycles. The van der Waals surface area contributed by atoms with Gasteiger partial charge < -0.3 is 14.8 Å². The fourth-order valence-electron chi connectivity index (χ4n) is 1.85. The molecule has 0 aliphatic carbocycles.